The smallest absolute Gasteiger partial charge is 0.335 e. The highest BCUT2D eigenvalue weighted by molar-refractivity contribution is 6.25. The van der Waals surface area contributed by atoms with Crippen LogP contribution in [0, 0.1) is 0 Å². The minimum Gasteiger partial charge on any atom is -0.478 e. The molecule has 0 aromatic rings. The summed E-state index contributed by atoms with van der Waals surface area (Å²) >= 11 is 4.76. The van der Waals surface area contributed by atoms with E-state index < -0.39 is 5.97 Å². The van der Waals surface area contributed by atoms with Crippen LogP contribution in [0.15, 0.2) is 36.9 Å². The lowest BCUT2D eigenvalue weighted by atomic mass is 10.3. The highest BCUT2D eigenvalue weighted by Gasteiger charge is 1.93. The summed E-state index contributed by atoms with van der Waals surface area (Å²) in [6.07, 6.45) is 1.20. The molecule has 1 N–H and O–H groups in total. The summed E-state index contributed by atoms with van der Waals surface area (Å²) in [4.78, 5) is 9.76. The van der Waals surface area contributed by atoms with E-state index in [0.717, 1.165) is 0 Å². The molecule has 56 valence electrons. The maximum Gasteiger partial charge on any atom is 0.335 e. The predicted octanol–water partition coefficient (Wildman–Crippen LogP) is 2.18. The van der Waals surface area contributed by atoms with Gasteiger partial charge in [0.2, 0.25) is 0 Å². The standard InChI is InChI=1S/C5H6O2.C2H3Cl/c1-3-4(2)5(6)7;1-2-3/h3H,1-2H2,(H,6,7);2H,1H2. The molecular weight excluding hydrogens is 152 g/mol. The zero-order valence-electron chi connectivity index (χ0n) is 5.51. The van der Waals surface area contributed by atoms with E-state index >= 15 is 0 Å². The Morgan fingerprint density at radius 2 is 1.80 bits per heavy atom. The van der Waals surface area contributed by atoms with Gasteiger partial charge < -0.3 is 5.11 Å². The molecule has 0 aliphatic heterocycles. The molecule has 0 heterocycles. The van der Waals surface area contributed by atoms with Crippen LogP contribution in [0.2, 0.25) is 0 Å². The zero-order valence-corrected chi connectivity index (χ0v) is 6.27. The van der Waals surface area contributed by atoms with Crippen molar-refractivity contribution < 1.29 is 9.90 Å². The predicted molar refractivity (Wildman–Crippen MR) is 43.0 cm³/mol. The molecule has 0 saturated carbocycles. The Morgan fingerprint density at radius 1 is 1.50 bits per heavy atom. The summed E-state index contributed by atoms with van der Waals surface area (Å²) in [6.45, 7) is 9.48. The van der Waals surface area contributed by atoms with Gasteiger partial charge in [-0.15, -0.1) is 0 Å². The molecule has 0 fully saturated rings. The Kier molecular flexibility index (Phi) is 9.37. The molecule has 0 spiro atoms. The molecule has 0 aromatic heterocycles. The summed E-state index contributed by atoms with van der Waals surface area (Å²) in [7, 11) is 0. The summed E-state index contributed by atoms with van der Waals surface area (Å²) in [5, 5.41) is 8.01. The van der Waals surface area contributed by atoms with Crippen LogP contribution in [0.1, 0.15) is 0 Å². The summed E-state index contributed by atoms with van der Waals surface area (Å²) in [6, 6.07) is 0. The highest BCUT2D eigenvalue weighted by atomic mass is 35.5. The lowest BCUT2D eigenvalue weighted by Gasteiger charge is -1.82. The Labute approximate surface area is 65.1 Å². The lowest BCUT2D eigenvalue weighted by molar-refractivity contribution is -0.132. The zero-order chi connectivity index (χ0) is 8.57. The van der Waals surface area contributed by atoms with Gasteiger partial charge in [0.1, 0.15) is 0 Å². The van der Waals surface area contributed by atoms with Gasteiger partial charge in [0.05, 0.1) is 5.57 Å². The number of aliphatic carboxylic acids is 1. The van der Waals surface area contributed by atoms with Gasteiger partial charge in [-0.1, -0.05) is 37.4 Å². The Bertz CT molecular complexity index is 150. The number of halogens is 1. The fourth-order valence-electron chi connectivity index (χ4n) is 0.0873. The fourth-order valence-corrected chi connectivity index (χ4v) is 0.0873. The fraction of sp³-hybridized carbons (Fsp3) is 0. The third kappa shape index (κ3) is 10.1. The first kappa shape index (κ1) is 11.7. The van der Waals surface area contributed by atoms with E-state index in [1.807, 2.05) is 0 Å². The van der Waals surface area contributed by atoms with Gasteiger partial charge >= 0.3 is 5.97 Å². The van der Waals surface area contributed by atoms with E-state index in [2.05, 4.69) is 19.7 Å². The highest BCUT2D eigenvalue weighted by Crippen LogP contribution is 1.86. The quantitative estimate of drug-likeness (QED) is 0.497. The number of carboxylic acid groups (broad SMARTS) is 1. The van der Waals surface area contributed by atoms with Crippen molar-refractivity contribution in [3.63, 3.8) is 0 Å². The number of carboxylic acids is 1. The number of hydrogen-bond donors (Lipinski definition) is 1. The molecule has 0 amide bonds. The molecule has 10 heavy (non-hydrogen) atoms. The second-order valence-electron chi connectivity index (χ2n) is 1.19. The Morgan fingerprint density at radius 3 is 1.80 bits per heavy atom. The molecule has 3 heteroatoms. The van der Waals surface area contributed by atoms with Crippen molar-refractivity contribution in [2.75, 3.05) is 0 Å². The van der Waals surface area contributed by atoms with Gasteiger partial charge in [0, 0.05) is 0 Å². The van der Waals surface area contributed by atoms with Gasteiger partial charge in [0.25, 0.3) is 0 Å². The average Bonchev–Trinajstić information content (AvgIpc) is 1.88. The molecule has 0 bridgehead atoms. The van der Waals surface area contributed by atoms with Crippen LogP contribution < -0.4 is 0 Å². The van der Waals surface area contributed by atoms with Crippen molar-refractivity contribution in [3.8, 4) is 0 Å². The first-order chi connectivity index (χ1) is 4.59. The molecule has 0 radical (unpaired) electrons. The molecule has 0 saturated heterocycles. The van der Waals surface area contributed by atoms with Crippen molar-refractivity contribution in [1.82, 2.24) is 0 Å². The van der Waals surface area contributed by atoms with E-state index in [-0.39, 0.29) is 5.57 Å². The number of hydrogen-bond acceptors (Lipinski definition) is 1. The third-order valence-electron chi connectivity index (χ3n) is 0.521. The first-order valence-corrected chi connectivity index (χ1v) is 2.79. The molecule has 2 nitrogen and oxygen atoms in total. The molecule has 0 aliphatic rings. The Balaban J connectivity index is 0. The van der Waals surface area contributed by atoms with Gasteiger partial charge in [-0.3, -0.25) is 0 Å². The van der Waals surface area contributed by atoms with E-state index in [1.165, 1.54) is 11.6 Å². The van der Waals surface area contributed by atoms with Gasteiger partial charge in [0.15, 0.2) is 0 Å². The topological polar surface area (TPSA) is 37.3 Å². The molecule has 0 atom stereocenters. The second kappa shape index (κ2) is 7.98. The van der Waals surface area contributed by atoms with Crippen molar-refractivity contribution in [2.24, 2.45) is 0 Å². The van der Waals surface area contributed by atoms with Crippen molar-refractivity contribution in [1.29, 1.82) is 0 Å². The van der Waals surface area contributed by atoms with Crippen molar-refractivity contribution >= 4 is 17.6 Å². The van der Waals surface area contributed by atoms with Crippen LogP contribution in [-0.4, -0.2) is 11.1 Å². The maximum atomic E-state index is 9.76. The normalized spacial score (nSPS) is 6.50. The average molecular weight is 161 g/mol. The Hall–Kier alpha value is -1.02. The lowest BCUT2D eigenvalue weighted by Crippen LogP contribution is -1.93. The number of carbonyl (C=O) groups is 1. The van der Waals surface area contributed by atoms with Crippen LogP contribution in [0.5, 0.6) is 0 Å². The summed E-state index contributed by atoms with van der Waals surface area (Å²) in [5.41, 5.74) is 1.25. The minimum atomic E-state index is -1.02. The van der Waals surface area contributed by atoms with E-state index in [9.17, 15) is 4.79 Å². The SMILES string of the molecule is C=CC(=C)C(=O)O.C=CCl. The summed E-state index contributed by atoms with van der Waals surface area (Å²) in [5.74, 6) is -1.02. The monoisotopic (exact) mass is 160 g/mol. The third-order valence-corrected chi connectivity index (χ3v) is 0.521. The van der Waals surface area contributed by atoms with E-state index in [1.54, 1.807) is 0 Å². The molecule has 0 aromatic carbocycles. The van der Waals surface area contributed by atoms with Gasteiger partial charge in [-0.25, -0.2) is 4.79 Å². The van der Waals surface area contributed by atoms with Crippen LogP contribution in [0.25, 0.3) is 0 Å². The largest absolute Gasteiger partial charge is 0.478 e. The maximum absolute atomic E-state index is 9.76. The second-order valence-corrected chi connectivity index (χ2v) is 1.50. The summed E-state index contributed by atoms with van der Waals surface area (Å²) < 4.78 is 0. The molecule has 0 unspecified atom stereocenters. The van der Waals surface area contributed by atoms with Crippen LogP contribution in [-0.2, 0) is 4.79 Å². The van der Waals surface area contributed by atoms with Gasteiger partial charge in [-0.2, -0.15) is 0 Å². The molecule has 0 aliphatic carbocycles. The molecular formula is C7H9ClO2. The van der Waals surface area contributed by atoms with Crippen LogP contribution in [0.3, 0.4) is 0 Å². The van der Waals surface area contributed by atoms with Crippen LogP contribution in [0.4, 0.5) is 0 Å². The minimum absolute atomic E-state index is 0.0278. The van der Waals surface area contributed by atoms with Gasteiger partial charge in [-0.05, 0) is 5.54 Å². The van der Waals surface area contributed by atoms with Crippen molar-refractivity contribution in [2.45, 2.75) is 0 Å². The van der Waals surface area contributed by atoms with Crippen molar-refractivity contribution in [3.05, 3.63) is 36.9 Å². The van der Waals surface area contributed by atoms with Crippen LogP contribution >= 0.6 is 11.6 Å². The van der Waals surface area contributed by atoms with E-state index in [0.29, 0.717) is 0 Å². The molecule has 0 rings (SSSR count). The first-order valence-electron chi connectivity index (χ1n) is 2.35. The number of rotatable bonds is 2. The van der Waals surface area contributed by atoms with E-state index in [4.69, 9.17) is 16.7 Å².